The maximum atomic E-state index is 10.9. The summed E-state index contributed by atoms with van der Waals surface area (Å²) in [6.07, 6.45) is 6.13. The highest BCUT2D eigenvalue weighted by Crippen LogP contribution is 2.51. The molecule has 0 aromatic rings. The largest absolute Gasteiger partial charge is 0.481 e. The van der Waals surface area contributed by atoms with Gasteiger partial charge in [-0.1, -0.05) is 12.2 Å². The highest BCUT2D eigenvalue weighted by molar-refractivity contribution is 5.85. The van der Waals surface area contributed by atoms with Crippen molar-refractivity contribution >= 4 is 18.4 Å². The van der Waals surface area contributed by atoms with Crippen LogP contribution in [-0.4, -0.2) is 11.1 Å². The van der Waals surface area contributed by atoms with Crippen molar-refractivity contribution in [2.75, 3.05) is 0 Å². The summed E-state index contributed by atoms with van der Waals surface area (Å²) in [5.74, 6) is 0.209. The minimum atomic E-state index is -0.630. The summed E-state index contributed by atoms with van der Waals surface area (Å²) < 4.78 is 0. The minimum absolute atomic E-state index is 0. The molecule has 2 aliphatic rings. The molecule has 2 aliphatic carbocycles. The predicted molar refractivity (Wildman–Crippen MR) is 48.3 cm³/mol. The molecular weight excluding hydrogens is 176 g/mol. The van der Waals surface area contributed by atoms with Crippen LogP contribution < -0.4 is 0 Å². The van der Waals surface area contributed by atoms with Gasteiger partial charge in [-0.05, 0) is 31.6 Å². The molecule has 0 heterocycles. The van der Waals surface area contributed by atoms with Crippen LogP contribution in [0.25, 0.3) is 0 Å². The Balaban J connectivity index is 0.000000720. The van der Waals surface area contributed by atoms with Gasteiger partial charge >= 0.3 is 5.97 Å². The van der Waals surface area contributed by atoms with E-state index in [0.717, 1.165) is 12.8 Å². The molecule has 2 rings (SSSR count). The van der Waals surface area contributed by atoms with Crippen molar-refractivity contribution in [3.8, 4) is 0 Å². The fraction of sp³-hybridized carbons (Fsp3) is 0.667. The first-order chi connectivity index (χ1) is 5.13. The molecule has 1 N–H and O–H groups in total. The van der Waals surface area contributed by atoms with Crippen molar-refractivity contribution in [2.24, 2.45) is 17.3 Å². The molecule has 0 aromatic carbocycles. The number of fused-ring (bicyclic) bond motifs is 2. The molecule has 0 radical (unpaired) electrons. The summed E-state index contributed by atoms with van der Waals surface area (Å²) in [4.78, 5) is 10.9. The van der Waals surface area contributed by atoms with Crippen molar-refractivity contribution in [2.45, 2.75) is 19.8 Å². The number of carbonyl (C=O) groups is 1. The Hall–Kier alpha value is -0.500. The van der Waals surface area contributed by atoms with E-state index in [0.29, 0.717) is 11.8 Å². The second-order valence-corrected chi connectivity index (χ2v) is 3.91. The zero-order chi connectivity index (χ0) is 8.06. The summed E-state index contributed by atoms with van der Waals surface area (Å²) in [7, 11) is 0. The number of halogens is 1. The summed E-state index contributed by atoms with van der Waals surface area (Å²) >= 11 is 0. The van der Waals surface area contributed by atoms with E-state index in [9.17, 15) is 4.79 Å². The lowest BCUT2D eigenvalue weighted by Gasteiger charge is -2.25. The topological polar surface area (TPSA) is 37.3 Å². The fourth-order valence-electron chi connectivity index (χ4n) is 2.34. The number of carboxylic acids is 1. The third-order valence-electron chi connectivity index (χ3n) is 3.17. The molecule has 2 nitrogen and oxygen atoms in total. The van der Waals surface area contributed by atoms with Crippen LogP contribution >= 0.6 is 12.4 Å². The number of hydrogen-bond donors (Lipinski definition) is 1. The van der Waals surface area contributed by atoms with Crippen LogP contribution in [-0.2, 0) is 4.79 Å². The van der Waals surface area contributed by atoms with Crippen LogP contribution in [0.15, 0.2) is 12.2 Å². The third-order valence-corrected chi connectivity index (χ3v) is 3.17. The Kier molecular flexibility index (Phi) is 2.21. The average Bonchev–Trinajstić information content (AvgIpc) is 2.45. The standard InChI is InChI=1S/C9H12O2.ClH/c1-9(8(10)11)5-6-2-3-7(9)4-6;/h2-3,6-7H,4-5H2,1H3,(H,10,11);1H. The van der Waals surface area contributed by atoms with E-state index in [1.165, 1.54) is 0 Å². The molecule has 3 heteroatoms. The Morgan fingerprint density at radius 1 is 1.58 bits per heavy atom. The van der Waals surface area contributed by atoms with E-state index in [-0.39, 0.29) is 12.4 Å². The number of rotatable bonds is 1. The molecular formula is C9H13ClO2. The van der Waals surface area contributed by atoms with Crippen LogP contribution in [0.1, 0.15) is 19.8 Å². The summed E-state index contributed by atoms with van der Waals surface area (Å²) in [5, 5.41) is 8.96. The maximum Gasteiger partial charge on any atom is 0.309 e. The van der Waals surface area contributed by atoms with Crippen molar-refractivity contribution in [3.05, 3.63) is 12.2 Å². The number of carboxylic acid groups (broad SMARTS) is 1. The fourth-order valence-corrected chi connectivity index (χ4v) is 2.34. The molecule has 0 saturated heterocycles. The molecule has 0 spiro atoms. The Morgan fingerprint density at radius 3 is 2.50 bits per heavy atom. The zero-order valence-corrected chi connectivity index (χ0v) is 7.80. The SMILES string of the molecule is CC1(C(=O)O)CC2C=CC1C2.Cl. The molecule has 3 atom stereocenters. The van der Waals surface area contributed by atoms with Crippen molar-refractivity contribution < 1.29 is 9.90 Å². The van der Waals surface area contributed by atoms with Gasteiger partial charge in [-0.3, -0.25) is 4.79 Å². The van der Waals surface area contributed by atoms with Gasteiger partial charge in [0, 0.05) is 0 Å². The van der Waals surface area contributed by atoms with Crippen LogP contribution in [0.3, 0.4) is 0 Å². The van der Waals surface area contributed by atoms with Gasteiger partial charge in [0.15, 0.2) is 0 Å². The summed E-state index contributed by atoms with van der Waals surface area (Å²) in [6, 6.07) is 0. The van der Waals surface area contributed by atoms with E-state index in [4.69, 9.17) is 5.11 Å². The second kappa shape index (κ2) is 2.77. The molecule has 1 fully saturated rings. The van der Waals surface area contributed by atoms with Gasteiger partial charge < -0.3 is 5.11 Å². The molecule has 1 saturated carbocycles. The molecule has 0 aromatic heterocycles. The van der Waals surface area contributed by atoms with E-state index in [1.54, 1.807) is 0 Å². The summed E-state index contributed by atoms with van der Waals surface area (Å²) in [5.41, 5.74) is -0.459. The van der Waals surface area contributed by atoms with Crippen LogP contribution in [0.2, 0.25) is 0 Å². The lowest BCUT2D eigenvalue weighted by atomic mass is 9.78. The van der Waals surface area contributed by atoms with E-state index in [1.807, 2.05) is 6.92 Å². The van der Waals surface area contributed by atoms with E-state index < -0.39 is 11.4 Å². The average molecular weight is 189 g/mol. The first-order valence-electron chi connectivity index (χ1n) is 4.04. The zero-order valence-electron chi connectivity index (χ0n) is 6.99. The van der Waals surface area contributed by atoms with Gasteiger partial charge in [-0.25, -0.2) is 0 Å². The second-order valence-electron chi connectivity index (χ2n) is 3.91. The lowest BCUT2D eigenvalue weighted by Crippen LogP contribution is -2.31. The van der Waals surface area contributed by atoms with Crippen LogP contribution in [0.5, 0.6) is 0 Å². The molecule has 12 heavy (non-hydrogen) atoms. The molecule has 0 amide bonds. The van der Waals surface area contributed by atoms with Gasteiger partial charge in [0.2, 0.25) is 0 Å². The molecule has 3 unspecified atom stereocenters. The maximum absolute atomic E-state index is 10.9. The third kappa shape index (κ3) is 1.06. The Labute approximate surface area is 78.1 Å². The quantitative estimate of drug-likeness (QED) is 0.640. The highest BCUT2D eigenvalue weighted by Gasteiger charge is 2.50. The van der Waals surface area contributed by atoms with E-state index >= 15 is 0 Å². The Morgan fingerprint density at radius 2 is 2.25 bits per heavy atom. The molecule has 68 valence electrons. The highest BCUT2D eigenvalue weighted by atomic mass is 35.5. The normalized spacial score (nSPS) is 42.8. The Bertz CT molecular complexity index is 237. The minimum Gasteiger partial charge on any atom is -0.481 e. The summed E-state index contributed by atoms with van der Waals surface area (Å²) in [6.45, 7) is 1.86. The van der Waals surface area contributed by atoms with Crippen molar-refractivity contribution in [1.29, 1.82) is 0 Å². The lowest BCUT2D eigenvalue weighted by molar-refractivity contribution is -0.149. The van der Waals surface area contributed by atoms with Gasteiger partial charge in [0.1, 0.15) is 0 Å². The number of hydrogen-bond acceptors (Lipinski definition) is 1. The molecule has 0 aliphatic heterocycles. The first-order valence-corrected chi connectivity index (χ1v) is 4.04. The van der Waals surface area contributed by atoms with Gasteiger partial charge in [-0.15, -0.1) is 12.4 Å². The first kappa shape index (κ1) is 9.59. The van der Waals surface area contributed by atoms with E-state index in [2.05, 4.69) is 12.2 Å². The van der Waals surface area contributed by atoms with Crippen LogP contribution in [0.4, 0.5) is 0 Å². The van der Waals surface area contributed by atoms with Gasteiger partial charge in [0.25, 0.3) is 0 Å². The van der Waals surface area contributed by atoms with Crippen LogP contribution in [0, 0.1) is 17.3 Å². The smallest absolute Gasteiger partial charge is 0.309 e. The monoisotopic (exact) mass is 188 g/mol. The van der Waals surface area contributed by atoms with Crippen molar-refractivity contribution in [3.63, 3.8) is 0 Å². The number of aliphatic carboxylic acids is 1. The van der Waals surface area contributed by atoms with Gasteiger partial charge in [0.05, 0.1) is 5.41 Å². The number of allylic oxidation sites excluding steroid dienone is 2. The van der Waals surface area contributed by atoms with Crippen molar-refractivity contribution in [1.82, 2.24) is 0 Å². The molecule has 2 bridgehead atoms. The predicted octanol–water partition coefficient (Wildman–Crippen LogP) is 2.10. The van der Waals surface area contributed by atoms with Gasteiger partial charge in [-0.2, -0.15) is 0 Å².